The van der Waals surface area contributed by atoms with Crippen LogP contribution in [-0.4, -0.2) is 46.3 Å². The number of piperidine rings is 1. The molecule has 2 aliphatic rings. The van der Waals surface area contributed by atoms with Crippen LogP contribution in [0.4, 0.5) is 4.79 Å². The van der Waals surface area contributed by atoms with Crippen LogP contribution in [0.3, 0.4) is 0 Å². The smallest absolute Gasteiger partial charge is 0.325 e. The molecule has 0 aromatic heterocycles. The highest BCUT2D eigenvalue weighted by atomic mass is 79.9. The molecule has 0 radical (unpaired) electrons. The Kier molecular flexibility index (Phi) is 5.10. The van der Waals surface area contributed by atoms with E-state index in [1.807, 2.05) is 30.9 Å². The van der Waals surface area contributed by atoms with Gasteiger partial charge < -0.3 is 10.2 Å². The predicted molar refractivity (Wildman–Crippen MR) is 101 cm³/mol. The van der Waals surface area contributed by atoms with Gasteiger partial charge in [0.25, 0.3) is 5.91 Å². The van der Waals surface area contributed by atoms with Gasteiger partial charge in [0.1, 0.15) is 12.1 Å². The van der Waals surface area contributed by atoms with Crippen LogP contribution in [-0.2, 0) is 15.1 Å². The molecule has 140 valence electrons. The Morgan fingerprint density at radius 1 is 1.27 bits per heavy atom. The quantitative estimate of drug-likeness (QED) is 0.762. The highest BCUT2D eigenvalue weighted by Gasteiger charge is 2.50. The van der Waals surface area contributed by atoms with Crippen molar-refractivity contribution in [3.05, 3.63) is 34.3 Å². The Labute approximate surface area is 162 Å². The topological polar surface area (TPSA) is 69.7 Å². The molecule has 2 saturated heterocycles. The maximum Gasteiger partial charge on any atom is 0.325 e. The van der Waals surface area contributed by atoms with E-state index >= 15 is 0 Å². The first-order valence-corrected chi connectivity index (χ1v) is 9.74. The summed E-state index contributed by atoms with van der Waals surface area (Å²) in [4.78, 5) is 41.1. The van der Waals surface area contributed by atoms with Crippen LogP contribution in [0.15, 0.2) is 28.7 Å². The van der Waals surface area contributed by atoms with E-state index in [0.717, 1.165) is 28.6 Å². The summed E-state index contributed by atoms with van der Waals surface area (Å²) >= 11 is 3.39. The molecule has 3 atom stereocenters. The number of carbonyl (C=O) groups excluding carboxylic acids is 3. The Morgan fingerprint density at radius 3 is 2.54 bits per heavy atom. The van der Waals surface area contributed by atoms with Gasteiger partial charge in [-0.3, -0.25) is 14.5 Å². The monoisotopic (exact) mass is 421 g/mol. The van der Waals surface area contributed by atoms with Crippen molar-refractivity contribution >= 4 is 33.8 Å². The lowest BCUT2D eigenvalue weighted by Gasteiger charge is -2.39. The lowest BCUT2D eigenvalue weighted by atomic mass is 9.92. The van der Waals surface area contributed by atoms with Crippen molar-refractivity contribution in [2.45, 2.75) is 57.7 Å². The second-order valence-electron chi connectivity index (χ2n) is 7.39. The maximum absolute atomic E-state index is 13.0. The average molecular weight is 422 g/mol. The molecule has 3 rings (SSSR count). The standard InChI is InChI=1S/C19H24BrN3O3/c1-12-6-4-7-13(2)23(12)16(24)11-22-17(25)19(3,21-18(22)26)14-8-5-9-15(20)10-14/h5,8-10,12-13H,4,6-7,11H2,1-3H3,(H,21,26)/t12-,13+,19-/m0/s1. The zero-order valence-electron chi connectivity index (χ0n) is 15.3. The molecule has 0 spiro atoms. The number of nitrogens with zero attached hydrogens (tertiary/aromatic N) is 2. The molecule has 0 unspecified atom stereocenters. The molecule has 7 heteroatoms. The zero-order valence-corrected chi connectivity index (χ0v) is 16.9. The van der Waals surface area contributed by atoms with Gasteiger partial charge in [-0.1, -0.05) is 28.1 Å². The molecule has 26 heavy (non-hydrogen) atoms. The average Bonchev–Trinajstić information content (AvgIpc) is 2.79. The molecule has 2 aliphatic heterocycles. The van der Waals surface area contributed by atoms with Crippen molar-refractivity contribution in [2.75, 3.05) is 6.54 Å². The Balaban J connectivity index is 1.80. The third kappa shape index (κ3) is 3.24. The molecule has 0 aliphatic carbocycles. The molecule has 6 nitrogen and oxygen atoms in total. The van der Waals surface area contributed by atoms with Crippen molar-refractivity contribution in [1.82, 2.24) is 15.1 Å². The summed E-state index contributed by atoms with van der Waals surface area (Å²) in [5, 5.41) is 2.75. The van der Waals surface area contributed by atoms with Crippen LogP contribution in [0.25, 0.3) is 0 Å². The number of hydrogen-bond acceptors (Lipinski definition) is 3. The fraction of sp³-hybridized carbons (Fsp3) is 0.526. The summed E-state index contributed by atoms with van der Waals surface area (Å²) in [6.07, 6.45) is 2.99. The van der Waals surface area contributed by atoms with Crippen molar-refractivity contribution in [1.29, 1.82) is 0 Å². The number of halogens is 1. The number of benzene rings is 1. The van der Waals surface area contributed by atoms with Crippen molar-refractivity contribution < 1.29 is 14.4 Å². The minimum atomic E-state index is -1.17. The highest BCUT2D eigenvalue weighted by Crippen LogP contribution is 2.31. The number of amides is 4. The van der Waals surface area contributed by atoms with E-state index in [1.54, 1.807) is 19.1 Å². The second-order valence-corrected chi connectivity index (χ2v) is 8.30. The molecule has 1 N–H and O–H groups in total. The summed E-state index contributed by atoms with van der Waals surface area (Å²) in [6.45, 7) is 5.49. The van der Waals surface area contributed by atoms with Gasteiger partial charge in [0.2, 0.25) is 5.91 Å². The lowest BCUT2D eigenvalue weighted by Crippen LogP contribution is -2.52. The van der Waals surface area contributed by atoms with Crippen LogP contribution in [0.5, 0.6) is 0 Å². The van der Waals surface area contributed by atoms with E-state index in [-0.39, 0.29) is 24.5 Å². The van der Waals surface area contributed by atoms with Crippen molar-refractivity contribution in [2.24, 2.45) is 0 Å². The minimum Gasteiger partial charge on any atom is -0.336 e. The highest BCUT2D eigenvalue weighted by molar-refractivity contribution is 9.10. The normalized spacial score (nSPS) is 29.1. The number of nitrogens with one attached hydrogen (secondary N) is 1. The van der Waals surface area contributed by atoms with Gasteiger partial charge in [-0.15, -0.1) is 0 Å². The molecular formula is C19H24BrN3O3. The molecule has 1 aromatic carbocycles. The Morgan fingerprint density at radius 2 is 1.92 bits per heavy atom. The molecule has 0 bridgehead atoms. The lowest BCUT2D eigenvalue weighted by molar-refractivity contribution is -0.142. The Bertz CT molecular complexity index is 743. The summed E-state index contributed by atoms with van der Waals surface area (Å²) in [5.74, 6) is -0.571. The first kappa shape index (κ1) is 18.9. The van der Waals surface area contributed by atoms with E-state index in [2.05, 4.69) is 21.2 Å². The van der Waals surface area contributed by atoms with Crippen molar-refractivity contribution in [3.63, 3.8) is 0 Å². The molecule has 0 saturated carbocycles. The summed E-state index contributed by atoms with van der Waals surface area (Å²) < 4.78 is 0.823. The summed E-state index contributed by atoms with van der Waals surface area (Å²) in [5.41, 5.74) is -0.486. The van der Waals surface area contributed by atoms with Crippen LogP contribution >= 0.6 is 15.9 Å². The van der Waals surface area contributed by atoms with E-state index in [1.165, 1.54) is 0 Å². The molecular weight excluding hydrogens is 398 g/mol. The third-order valence-corrected chi connectivity index (χ3v) is 5.95. The largest absolute Gasteiger partial charge is 0.336 e. The SMILES string of the molecule is C[C@@H]1CCC[C@H](C)N1C(=O)CN1C(=O)N[C@@](C)(c2cccc(Br)c2)C1=O. The van der Waals surface area contributed by atoms with Crippen LogP contribution < -0.4 is 5.32 Å². The van der Waals surface area contributed by atoms with Crippen molar-refractivity contribution in [3.8, 4) is 0 Å². The van der Waals surface area contributed by atoms with Gasteiger partial charge >= 0.3 is 6.03 Å². The van der Waals surface area contributed by atoms with Gasteiger partial charge in [0.05, 0.1) is 0 Å². The van der Waals surface area contributed by atoms with E-state index in [0.29, 0.717) is 5.56 Å². The van der Waals surface area contributed by atoms with Gasteiger partial charge in [-0.25, -0.2) is 4.79 Å². The predicted octanol–water partition coefficient (Wildman–Crippen LogP) is 3.01. The van der Waals surface area contributed by atoms with E-state index in [4.69, 9.17) is 0 Å². The first-order chi connectivity index (χ1) is 12.2. The third-order valence-electron chi connectivity index (χ3n) is 5.45. The van der Waals surface area contributed by atoms with Gasteiger partial charge in [-0.2, -0.15) is 0 Å². The van der Waals surface area contributed by atoms with E-state index in [9.17, 15) is 14.4 Å². The van der Waals surface area contributed by atoms with Gasteiger partial charge in [-0.05, 0) is 57.7 Å². The summed E-state index contributed by atoms with van der Waals surface area (Å²) in [6, 6.07) is 7.00. The fourth-order valence-electron chi connectivity index (χ4n) is 3.97. The van der Waals surface area contributed by atoms with E-state index < -0.39 is 17.5 Å². The number of hydrogen-bond donors (Lipinski definition) is 1. The Hall–Kier alpha value is -1.89. The summed E-state index contributed by atoms with van der Waals surface area (Å²) in [7, 11) is 0. The number of urea groups is 1. The van der Waals surface area contributed by atoms with Gasteiger partial charge in [0, 0.05) is 16.6 Å². The fourth-order valence-corrected chi connectivity index (χ4v) is 4.36. The van der Waals surface area contributed by atoms with Crippen LogP contribution in [0.1, 0.15) is 45.6 Å². The number of carbonyl (C=O) groups is 3. The molecule has 4 amide bonds. The van der Waals surface area contributed by atoms with Crippen LogP contribution in [0.2, 0.25) is 0 Å². The molecule has 2 heterocycles. The number of likely N-dealkylation sites (tertiary alicyclic amines) is 1. The van der Waals surface area contributed by atoms with Gasteiger partial charge in [0.15, 0.2) is 0 Å². The van der Waals surface area contributed by atoms with Crippen LogP contribution in [0, 0.1) is 0 Å². The second kappa shape index (κ2) is 7.02. The zero-order chi connectivity index (χ0) is 19.1. The number of rotatable bonds is 3. The maximum atomic E-state index is 13.0. The first-order valence-electron chi connectivity index (χ1n) is 8.95. The molecule has 2 fully saturated rings. The number of imide groups is 1. The minimum absolute atomic E-state index is 0.128. The molecule has 1 aromatic rings.